The molecule has 0 unspecified atom stereocenters. The summed E-state index contributed by atoms with van der Waals surface area (Å²) in [6, 6.07) is 22.2. The van der Waals surface area contributed by atoms with E-state index in [1.54, 1.807) is 6.07 Å². The number of benzene rings is 4. The Labute approximate surface area is 152 Å². The fourth-order valence-corrected chi connectivity index (χ4v) is 3.93. The first-order chi connectivity index (χ1) is 12.8. The molecule has 0 bridgehead atoms. The maximum absolute atomic E-state index is 6.11. The molecule has 0 radical (unpaired) electrons. The highest BCUT2D eigenvalue weighted by Gasteiger charge is 2.16. The molecule has 6 rings (SSSR count). The van der Waals surface area contributed by atoms with Crippen LogP contribution >= 0.6 is 11.6 Å². The standard InChI is InChI=1S/C22H11ClN2O/c23-12-9-10-17-18(11-12)26-22-21(17)24-19-15-7-3-1-5-13(15)14-6-2-4-8-16(14)20(19)25-22/h1-11H. The summed E-state index contributed by atoms with van der Waals surface area (Å²) in [4.78, 5) is 9.83. The smallest absolute Gasteiger partial charge is 0.246 e. The van der Waals surface area contributed by atoms with E-state index in [4.69, 9.17) is 26.0 Å². The van der Waals surface area contributed by atoms with Crippen molar-refractivity contribution in [3.8, 4) is 0 Å². The van der Waals surface area contributed by atoms with Gasteiger partial charge in [-0.25, -0.2) is 9.97 Å². The first kappa shape index (κ1) is 14.0. The van der Waals surface area contributed by atoms with Gasteiger partial charge in [-0.15, -0.1) is 0 Å². The highest BCUT2D eigenvalue weighted by molar-refractivity contribution is 6.31. The molecule has 0 amide bonds. The summed E-state index contributed by atoms with van der Waals surface area (Å²) in [5, 5.41) is 6.09. The summed E-state index contributed by atoms with van der Waals surface area (Å²) < 4.78 is 5.94. The molecule has 2 heterocycles. The molecule has 0 saturated heterocycles. The van der Waals surface area contributed by atoms with Gasteiger partial charge in [0.05, 0.1) is 5.52 Å². The number of furan rings is 1. The number of rotatable bonds is 0. The topological polar surface area (TPSA) is 38.9 Å². The minimum Gasteiger partial charge on any atom is -0.436 e. The monoisotopic (exact) mass is 354 g/mol. The van der Waals surface area contributed by atoms with Crippen molar-refractivity contribution in [2.24, 2.45) is 0 Å². The molecule has 0 aliphatic carbocycles. The number of hydrogen-bond acceptors (Lipinski definition) is 3. The van der Waals surface area contributed by atoms with E-state index in [-0.39, 0.29) is 0 Å². The molecule has 2 aromatic heterocycles. The molecule has 122 valence electrons. The molecule has 0 aliphatic heterocycles. The molecule has 6 aromatic rings. The lowest BCUT2D eigenvalue weighted by atomic mass is 9.99. The molecule has 0 fully saturated rings. The predicted molar refractivity (Wildman–Crippen MR) is 107 cm³/mol. The highest BCUT2D eigenvalue weighted by Crippen LogP contribution is 2.36. The van der Waals surface area contributed by atoms with Crippen LogP contribution in [0.25, 0.3) is 54.8 Å². The fraction of sp³-hybridized carbons (Fsp3) is 0. The maximum Gasteiger partial charge on any atom is 0.246 e. The van der Waals surface area contributed by atoms with Crippen LogP contribution in [0.4, 0.5) is 0 Å². The van der Waals surface area contributed by atoms with Crippen molar-refractivity contribution in [2.75, 3.05) is 0 Å². The van der Waals surface area contributed by atoms with Crippen molar-refractivity contribution >= 4 is 66.4 Å². The van der Waals surface area contributed by atoms with Crippen LogP contribution in [-0.2, 0) is 0 Å². The van der Waals surface area contributed by atoms with Gasteiger partial charge in [0.1, 0.15) is 16.6 Å². The third-order valence-corrected chi connectivity index (χ3v) is 5.16. The second kappa shape index (κ2) is 4.93. The number of nitrogens with zero attached hydrogens (tertiary/aromatic N) is 2. The molecule has 0 spiro atoms. The lowest BCUT2D eigenvalue weighted by molar-refractivity contribution is 0.655. The van der Waals surface area contributed by atoms with Crippen molar-refractivity contribution in [3.63, 3.8) is 0 Å². The molecule has 0 N–H and O–H groups in total. The second-order valence-electron chi connectivity index (χ2n) is 6.41. The van der Waals surface area contributed by atoms with Gasteiger partial charge < -0.3 is 4.42 Å². The summed E-state index contributed by atoms with van der Waals surface area (Å²) >= 11 is 6.11. The van der Waals surface area contributed by atoms with E-state index in [1.807, 2.05) is 24.3 Å². The Morgan fingerprint density at radius 1 is 0.615 bits per heavy atom. The lowest BCUT2D eigenvalue weighted by Crippen LogP contribution is -1.89. The van der Waals surface area contributed by atoms with Crippen molar-refractivity contribution < 1.29 is 4.42 Å². The molecule has 4 aromatic carbocycles. The number of halogens is 1. The Morgan fingerprint density at radius 2 is 1.23 bits per heavy atom. The Balaban J connectivity index is 1.93. The van der Waals surface area contributed by atoms with Crippen LogP contribution in [0, 0.1) is 0 Å². The van der Waals surface area contributed by atoms with Gasteiger partial charge >= 0.3 is 0 Å². The molecule has 4 heteroatoms. The third-order valence-electron chi connectivity index (χ3n) is 4.92. The minimum absolute atomic E-state index is 0.537. The molecular weight excluding hydrogens is 344 g/mol. The average molecular weight is 355 g/mol. The van der Waals surface area contributed by atoms with Gasteiger partial charge in [-0.2, -0.15) is 0 Å². The van der Waals surface area contributed by atoms with Gasteiger partial charge in [0.15, 0.2) is 0 Å². The zero-order valence-electron chi connectivity index (χ0n) is 13.5. The summed E-state index contributed by atoms with van der Waals surface area (Å²) in [6.45, 7) is 0. The summed E-state index contributed by atoms with van der Waals surface area (Å²) in [7, 11) is 0. The predicted octanol–water partition coefficient (Wildman–Crippen LogP) is 6.49. The van der Waals surface area contributed by atoms with Crippen LogP contribution in [-0.4, -0.2) is 9.97 Å². The van der Waals surface area contributed by atoms with Crippen molar-refractivity contribution in [3.05, 3.63) is 71.8 Å². The maximum atomic E-state index is 6.11. The SMILES string of the molecule is Clc1ccc2c(c1)oc1nc3c4ccccc4c4ccccc4c3nc12. The Kier molecular flexibility index (Phi) is 2.66. The van der Waals surface area contributed by atoms with E-state index in [2.05, 4.69) is 36.4 Å². The van der Waals surface area contributed by atoms with Gasteiger partial charge in [0.2, 0.25) is 5.71 Å². The normalized spacial score (nSPS) is 12.0. The zero-order valence-corrected chi connectivity index (χ0v) is 14.3. The van der Waals surface area contributed by atoms with E-state index < -0.39 is 0 Å². The van der Waals surface area contributed by atoms with Crippen molar-refractivity contribution in [2.45, 2.75) is 0 Å². The van der Waals surface area contributed by atoms with Crippen LogP contribution in [0.1, 0.15) is 0 Å². The molecule has 3 nitrogen and oxygen atoms in total. The summed E-state index contributed by atoms with van der Waals surface area (Å²) in [5.74, 6) is 0. The van der Waals surface area contributed by atoms with Crippen LogP contribution < -0.4 is 0 Å². The van der Waals surface area contributed by atoms with Gasteiger partial charge in [-0.3, -0.25) is 0 Å². The largest absolute Gasteiger partial charge is 0.436 e. The van der Waals surface area contributed by atoms with Crippen molar-refractivity contribution in [1.82, 2.24) is 9.97 Å². The summed E-state index contributed by atoms with van der Waals surface area (Å²) in [5.41, 5.74) is 3.76. The van der Waals surface area contributed by atoms with Gasteiger partial charge in [0, 0.05) is 27.2 Å². The number of fused-ring (bicyclic) bond motifs is 9. The molecule has 0 saturated carbocycles. The first-order valence-corrected chi connectivity index (χ1v) is 8.76. The summed E-state index contributed by atoms with van der Waals surface area (Å²) in [6.07, 6.45) is 0. The van der Waals surface area contributed by atoms with E-state index in [9.17, 15) is 0 Å². The Morgan fingerprint density at radius 3 is 1.92 bits per heavy atom. The first-order valence-electron chi connectivity index (χ1n) is 8.38. The van der Waals surface area contributed by atoms with Crippen LogP contribution in [0.5, 0.6) is 0 Å². The number of aromatic nitrogens is 2. The van der Waals surface area contributed by atoms with E-state index >= 15 is 0 Å². The average Bonchev–Trinajstić information content (AvgIpc) is 3.03. The van der Waals surface area contributed by atoms with Crippen LogP contribution in [0.3, 0.4) is 0 Å². The zero-order chi connectivity index (χ0) is 17.3. The number of hydrogen-bond donors (Lipinski definition) is 0. The Hall–Kier alpha value is -3.17. The highest BCUT2D eigenvalue weighted by atomic mass is 35.5. The second-order valence-corrected chi connectivity index (χ2v) is 6.84. The van der Waals surface area contributed by atoms with E-state index in [0.717, 1.165) is 32.7 Å². The van der Waals surface area contributed by atoms with E-state index in [1.165, 1.54) is 10.8 Å². The van der Waals surface area contributed by atoms with Crippen LogP contribution in [0.15, 0.2) is 71.1 Å². The van der Waals surface area contributed by atoms with E-state index in [0.29, 0.717) is 16.3 Å². The quantitative estimate of drug-likeness (QED) is 0.293. The molecule has 0 aliphatic rings. The van der Waals surface area contributed by atoms with Crippen molar-refractivity contribution in [1.29, 1.82) is 0 Å². The lowest BCUT2D eigenvalue weighted by Gasteiger charge is -2.08. The van der Waals surface area contributed by atoms with Gasteiger partial charge in [0.25, 0.3) is 0 Å². The van der Waals surface area contributed by atoms with Crippen LogP contribution in [0.2, 0.25) is 5.02 Å². The Bertz CT molecular complexity index is 1500. The molecule has 0 atom stereocenters. The minimum atomic E-state index is 0.537. The van der Waals surface area contributed by atoms with Gasteiger partial charge in [-0.1, -0.05) is 60.1 Å². The third kappa shape index (κ3) is 1.78. The molecular formula is C22H11ClN2O. The fourth-order valence-electron chi connectivity index (χ4n) is 3.77. The van der Waals surface area contributed by atoms with Gasteiger partial charge in [-0.05, 0) is 22.9 Å². The molecule has 26 heavy (non-hydrogen) atoms.